The lowest BCUT2D eigenvalue weighted by atomic mass is 10.1. The number of nitrogens with one attached hydrogen (secondary N) is 1. The molecule has 2 aromatic rings. The molecule has 2 aromatic carbocycles. The van der Waals surface area contributed by atoms with Gasteiger partial charge >= 0.3 is 0 Å². The van der Waals surface area contributed by atoms with Crippen molar-refractivity contribution in [2.24, 2.45) is 0 Å². The van der Waals surface area contributed by atoms with Gasteiger partial charge in [0.1, 0.15) is 12.4 Å². The zero-order valence-electron chi connectivity index (χ0n) is 16.2. The number of benzene rings is 2. The van der Waals surface area contributed by atoms with E-state index in [4.69, 9.17) is 4.74 Å². The molecular formula is C23H26N2O3. The van der Waals surface area contributed by atoms with Crippen LogP contribution in [-0.2, 0) is 0 Å². The molecule has 0 atom stereocenters. The van der Waals surface area contributed by atoms with Crippen molar-refractivity contribution < 1.29 is 14.3 Å². The quantitative estimate of drug-likeness (QED) is 0.752. The van der Waals surface area contributed by atoms with Crippen molar-refractivity contribution >= 4 is 17.5 Å². The Bertz CT molecular complexity index is 870. The molecule has 1 aliphatic heterocycles. The Hall–Kier alpha value is -3.08. The normalized spacial score (nSPS) is 13.7. The smallest absolute Gasteiger partial charge is 0.255 e. The monoisotopic (exact) mass is 378 g/mol. The van der Waals surface area contributed by atoms with Crippen LogP contribution in [0.15, 0.2) is 60.7 Å². The van der Waals surface area contributed by atoms with Crippen LogP contribution in [0.1, 0.15) is 46.9 Å². The van der Waals surface area contributed by atoms with Crippen LogP contribution in [0.5, 0.6) is 5.75 Å². The van der Waals surface area contributed by atoms with Gasteiger partial charge in [-0.15, -0.1) is 0 Å². The van der Waals surface area contributed by atoms with Gasteiger partial charge in [-0.05, 0) is 62.1 Å². The van der Waals surface area contributed by atoms with Crippen molar-refractivity contribution in [3.05, 3.63) is 71.8 Å². The van der Waals surface area contributed by atoms with Gasteiger partial charge in [-0.1, -0.05) is 24.8 Å². The minimum absolute atomic E-state index is 0.0332. The molecule has 5 nitrogen and oxygen atoms in total. The molecule has 0 unspecified atom stereocenters. The number of carbonyl (C=O) groups excluding carboxylic acids is 2. The Morgan fingerprint density at radius 1 is 1.07 bits per heavy atom. The second-order valence-corrected chi connectivity index (χ2v) is 7.13. The number of hydrogen-bond donors (Lipinski definition) is 1. The Morgan fingerprint density at radius 3 is 2.57 bits per heavy atom. The number of carbonyl (C=O) groups is 2. The van der Waals surface area contributed by atoms with Crippen LogP contribution in [0.2, 0.25) is 0 Å². The van der Waals surface area contributed by atoms with Gasteiger partial charge < -0.3 is 15.0 Å². The first-order valence-electron chi connectivity index (χ1n) is 9.61. The van der Waals surface area contributed by atoms with E-state index >= 15 is 0 Å². The van der Waals surface area contributed by atoms with Crippen molar-refractivity contribution in [1.29, 1.82) is 0 Å². The molecule has 1 heterocycles. The summed E-state index contributed by atoms with van der Waals surface area (Å²) in [4.78, 5) is 27.5. The third-order valence-corrected chi connectivity index (χ3v) is 4.63. The molecule has 0 radical (unpaired) electrons. The second-order valence-electron chi connectivity index (χ2n) is 7.13. The number of anilines is 1. The minimum atomic E-state index is -0.278. The van der Waals surface area contributed by atoms with Gasteiger partial charge in [0.15, 0.2) is 0 Å². The number of ether oxygens (including phenoxy) is 1. The van der Waals surface area contributed by atoms with Gasteiger partial charge in [0.2, 0.25) is 0 Å². The number of likely N-dealkylation sites (tertiary alicyclic amines) is 1. The first kappa shape index (κ1) is 19.7. The average Bonchev–Trinajstić information content (AvgIpc) is 2.73. The van der Waals surface area contributed by atoms with Gasteiger partial charge in [0, 0.05) is 18.7 Å². The predicted octanol–water partition coefficient (Wildman–Crippen LogP) is 4.52. The maximum absolute atomic E-state index is 12.9. The summed E-state index contributed by atoms with van der Waals surface area (Å²) < 4.78 is 5.61. The summed E-state index contributed by atoms with van der Waals surface area (Å²) in [6, 6.07) is 14.1. The van der Waals surface area contributed by atoms with Crippen LogP contribution in [0.3, 0.4) is 0 Å². The van der Waals surface area contributed by atoms with Crippen LogP contribution >= 0.6 is 0 Å². The molecule has 0 bridgehead atoms. The molecule has 1 saturated heterocycles. The van der Waals surface area contributed by atoms with Crippen molar-refractivity contribution in [2.45, 2.75) is 26.2 Å². The van der Waals surface area contributed by atoms with E-state index in [1.165, 1.54) is 0 Å². The fraction of sp³-hybridized carbons (Fsp3) is 0.304. The summed E-state index contributed by atoms with van der Waals surface area (Å²) in [5, 5.41) is 2.88. The molecule has 0 saturated carbocycles. The molecule has 1 N–H and O–H groups in total. The number of amides is 2. The van der Waals surface area contributed by atoms with Crippen LogP contribution in [0.25, 0.3) is 0 Å². The highest BCUT2D eigenvalue weighted by Gasteiger charge is 2.21. The van der Waals surface area contributed by atoms with Crippen LogP contribution in [-0.4, -0.2) is 36.4 Å². The molecule has 0 spiro atoms. The van der Waals surface area contributed by atoms with E-state index in [9.17, 15) is 9.59 Å². The minimum Gasteiger partial charge on any atom is -0.489 e. The Morgan fingerprint density at radius 2 is 1.82 bits per heavy atom. The molecule has 28 heavy (non-hydrogen) atoms. The lowest BCUT2D eigenvalue weighted by Gasteiger charge is -2.27. The van der Waals surface area contributed by atoms with E-state index in [0.29, 0.717) is 29.2 Å². The SMILES string of the molecule is C=C(C)COc1cccc(C(=O)Nc2ccccc2C(=O)N2CCCCC2)c1. The van der Waals surface area contributed by atoms with E-state index in [-0.39, 0.29) is 11.8 Å². The lowest BCUT2D eigenvalue weighted by molar-refractivity contribution is 0.0725. The maximum Gasteiger partial charge on any atom is 0.255 e. The van der Waals surface area contributed by atoms with E-state index in [1.807, 2.05) is 24.0 Å². The largest absolute Gasteiger partial charge is 0.489 e. The molecule has 0 aromatic heterocycles. The highest BCUT2D eigenvalue weighted by Crippen LogP contribution is 2.22. The summed E-state index contributed by atoms with van der Waals surface area (Å²) in [5.74, 6) is 0.294. The molecule has 5 heteroatoms. The number of rotatable bonds is 6. The number of hydrogen-bond acceptors (Lipinski definition) is 3. The molecule has 0 aliphatic carbocycles. The standard InChI is InChI=1S/C23H26N2O3/c1-17(2)16-28-19-10-8-9-18(15-19)22(26)24-21-12-5-4-11-20(21)23(27)25-13-6-3-7-14-25/h4-5,8-12,15H,1,3,6-7,13-14,16H2,2H3,(H,24,26). The summed E-state index contributed by atoms with van der Waals surface area (Å²) in [6.07, 6.45) is 3.21. The Labute approximate surface area is 166 Å². The average molecular weight is 378 g/mol. The van der Waals surface area contributed by atoms with Crippen LogP contribution in [0.4, 0.5) is 5.69 Å². The van der Waals surface area contributed by atoms with Gasteiger partial charge in [-0.3, -0.25) is 9.59 Å². The zero-order valence-corrected chi connectivity index (χ0v) is 16.2. The molecular weight excluding hydrogens is 352 g/mol. The highest BCUT2D eigenvalue weighted by atomic mass is 16.5. The van der Waals surface area contributed by atoms with Crippen molar-refractivity contribution in [1.82, 2.24) is 4.90 Å². The number of piperidine rings is 1. The van der Waals surface area contributed by atoms with Gasteiger partial charge in [-0.2, -0.15) is 0 Å². The molecule has 146 valence electrons. The third kappa shape index (κ3) is 5.00. The van der Waals surface area contributed by atoms with Crippen LogP contribution < -0.4 is 10.1 Å². The molecule has 1 fully saturated rings. The van der Waals surface area contributed by atoms with Crippen molar-refractivity contribution in [3.8, 4) is 5.75 Å². The van der Waals surface area contributed by atoms with Crippen molar-refractivity contribution in [3.63, 3.8) is 0 Å². The zero-order chi connectivity index (χ0) is 19.9. The summed E-state index contributed by atoms with van der Waals surface area (Å²) in [6.45, 7) is 7.63. The van der Waals surface area contributed by atoms with E-state index in [2.05, 4.69) is 11.9 Å². The van der Waals surface area contributed by atoms with Crippen molar-refractivity contribution in [2.75, 3.05) is 25.0 Å². The van der Waals surface area contributed by atoms with Gasteiger partial charge in [0.05, 0.1) is 11.3 Å². The maximum atomic E-state index is 12.9. The number of para-hydroxylation sites is 1. The summed E-state index contributed by atoms with van der Waals surface area (Å²) >= 11 is 0. The Kier molecular flexibility index (Phi) is 6.48. The number of nitrogens with zero attached hydrogens (tertiary/aromatic N) is 1. The molecule has 2 amide bonds. The topological polar surface area (TPSA) is 58.6 Å². The summed E-state index contributed by atoms with van der Waals surface area (Å²) in [7, 11) is 0. The van der Waals surface area contributed by atoms with Gasteiger partial charge in [0.25, 0.3) is 11.8 Å². The lowest BCUT2D eigenvalue weighted by Crippen LogP contribution is -2.36. The van der Waals surface area contributed by atoms with E-state index < -0.39 is 0 Å². The highest BCUT2D eigenvalue weighted by molar-refractivity contribution is 6.09. The van der Waals surface area contributed by atoms with E-state index in [1.54, 1.807) is 36.4 Å². The first-order valence-corrected chi connectivity index (χ1v) is 9.61. The van der Waals surface area contributed by atoms with Crippen LogP contribution in [0, 0.1) is 0 Å². The Balaban J connectivity index is 1.75. The predicted molar refractivity (Wildman–Crippen MR) is 111 cm³/mol. The summed E-state index contributed by atoms with van der Waals surface area (Å²) in [5.41, 5.74) is 2.42. The van der Waals surface area contributed by atoms with E-state index in [0.717, 1.165) is 37.9 Å². The fourth-order valence-electron chi connectivity index (χ4n) is 3.17. The first-order chi connectivity index (χ1) is 13.5. The molecule has 1 aliphatic rings. The third-order valence-electron chi connectivity index (χ3n) is 4.63. The second kappa shape index (κ2) is 9.22. The molecule has 3 rings (SSSR count). The van der Waals surface area contributed by atoms with Gasteiger partial charge in [-0.25, -0.2) is 0 Å². The fourth-order valence-corrected chi connectivity index (χ4v) is 3.17.